The van der Waals surface area contributed by atoms with Gasteiger partial charge in [0.25, 0.3) is 0 Å². The summed E-state index contributed by atoms with van der Waals surface area (Å²) < 4.78 is 0. The molecule has 4 N–H and O–H groups in total. The maximum atomic E-state index is 11.4. The van der Waals surface area contributed by atoms with Crippen molar-refractivity contribution in [1.29, 1.82) is 0 Å². The van der Waals surface area contributed by atoms with E-state index in [2.05, 4.69) is 20.6 Å². The van der Waals surface area contributed by atoms with E-state index in [0.717, 1.165) is 25.0 Å². The molecule has 1 aliphatic rings. The van der Waals surface area contributed by atoms with Crippen molar-refractivity contribution in [3.05, 3.63) is 30.1 Å². The van der Waals surface area contributed by atoms with Gasteiger partial charge in [-0.3, -0.25) is 9.78 Å². The highest BCUT2D eigenvalue weighted by atomic mass is 127. The first-order valence-electron chi connectivity index (χ1n) is 6.47. The van der Waals surface area contributed by atoms with Gasteiger partial charge in [0.15, 0.2) is 5.96 Å². The summed E-state index contributed by atoms with van der Waals surface area (Å²) in [5.41, 5.74) is 6.67. The zero-order valence-electron chi connectivity index (χ0n) is 11.2. The molecule has 0 spiro atoms. The van der Waals surface area contributed by atoms with E-state index in [1.165, 1.54) is 0 Å². The molecule has 1 saturated carbocycles. The van der Waals surface area contributed by atoms with Gasteiger partial charge in [-0.25, -0.2) is 4.99 Å². The number of hydrogen-bond donors (Lipinski definition) is 3. The molecule has 0 aliphatic heterocycles. The first kappa shape index (κ1) is 16.7. The zero-order chi connectivity index (χ0) is 13.5. The van der Waals surface area contributed by atoms with Crippen molar-refractivity contribution in [3.63, 3.8) is 0 Å². The molecule has 0 radical (unpaired) electrons. The van der Waals surface area contributed by atoms with Gasteiger partial charge in [0, 0.05) is 30.9 Å². The quantitative estimate of drug-likeness (QED) is 0.374. The van der Waals surface area contributed by atoms with Crippen molar-refractivity contribution in [2.75, 3.05) is 13.1 Å². The summed E-state index contributed by atoms with van der Waals surface area (Å²) >= 11 is 0. The Kier molecular flexibility index (Phi) is 7.27. The fraction of sp³-hybridized carbons (Fsp3) is 0.462. The molecule has 1 aromatic heterocycles. The smallest absolute Gasteiger partial charge is 0.242 e. The normalized spacial score (nSPS) is 14.3. The summed E-state index contributed by atoms with van der Waals surface area (Å²) in [5, 5.41) is 5.81. The SMILES string of the molecule is I.NC(=NCC(=O)NC1CC1)NCCc1ccccn1. The number of carbonyl (C=O) groups is 1. The molecule has 1 fully saturated rings. The lowest BCUT2D eigenvalue weighted by Gasteiger charge is -2.05. The van der Waals surface area contributed by atoms with E-state index in [4.69, 9.17) is 5.73 Å². The van der Waals surface area contributed by atoms with Crippen molar-refractivity contribution in [1.82, 2.24) is 15.6 Å². The number of rotatable bonds is 6. The second-order valence-electron chi connectivity index (χ2n) is 4.54. The lowest BCUT2D eigenvalue weighted by atomic mass is 10.3. The highest BCUT2D eigenvalue weighted by Crippen LogP contribution is 2.18. The number of pyridine rings is 1. The Balaban J connectivity index is 0.00000200. The van der Waals surface area contributed by atoms with Crippen molar-refractivity contribution < 1.29 is 4.79 Å². The molecular weight excluding hydrogens is 369 g/mol. The van der Waals surface area contributed by atoms with Crippen LogP contribution in [0.15, 0.2) is 29.4 Å². The molecule has 0 saturated heterocycles. The molecule has 20 heavy (non-hydrogen) atoms. The predicted octanol–water partition coefficient (Wildman–Crippen LogP) is 0.425. The molecule has 0 bridgehead atoms. The summed E-state index contributed by atoms with van der Waals surface area (Å²) in [5.74, 6) is 0.221. The van der Waals surface area contributed by atoms with Gasteiger partial charge in [0.05, 0.1) is 0 Å². The van der Waals surface area contributed by atoms with Crippen LogP contribution in [0.4, 0.5) is 0 Å². The first-order valence-corrected chi connectivity index (χ1v) is 6.47. The largest absolute Gasteiger partial charge is 0.370 e. The highest BCUT2D eigenvalue weighted by molar-refractivity contribution is 14.0. The van der Waals surface area contributed by atoms with Gasteiger partial charge in [-0.05, 0) is 25.0 Å². The van der Waals surface area contributed by atoms with Crippen LogP contribution in [-0.4, -0.2) is 36.0 Å². The number of nitrogens with two attached hydrogens (primary N) is 1. The second-order valence-corrected chi connectivity index (χ2v) is 4.54. The molecule has 1 heterocycles. The summed E-state index contributed by atoms with van der Waals surface area (Å²) in [6.45, 7) is 0.732. The van der Waals surface area contributed by atoms with Gasteiger partial charge in [-0.2, -0.15) is 0 Å². The Morgan fingerprint density at radius 2 is 2.25 bits per heavy atom. The maximum absolute atomic E-state index is 11.4. The summed E-state index contributed by atoms with van der Waals surface area (Å²) in [7, 11) is 0. The molecule has 7 heteroatoms. The van der Waals surface area contributed by atoms with E-state index in [1.54, 1.807) is 6.20 Å². The molecule has 1 aromatic rings. The standard InChI is InChI=1S/C13H19N5O.HI/c14-13(17-9-12(19)18-11-4-5-11)16-8-6-10-3-1-2-7-15-10;/h1-3,7,11H,4-6,8-9H2,(H,18,19)(H3,14,16,17);1H. The van der Waals surface area contributed by atoms with E-state index >= 15 is 0 Å². The van der Waals surface area contributed by atoms with Crippen LogP contribution in [0.3, 0.4) is 0 Å². The van der Waals surface area contributed by atoms with Crippen LogP contribution in [0.2, 0.25) is 0 Å². The number of amides is 1. The molecule has 0 unspecified atom stereocenters. The molecule has 2 rings (SSSR count). The molecule has 0 aromatic carbocycles. The van der Waals surface area contributed by atoms with Gasteiger partial charge >= 0.3 is 0 Å². The number of nitrogens with one attached hydrogen (secondary N) is 2. The average Bonchev–Trinajstić information content (AvgIpc) is 3.22. The Morgan fingerprint density at radius 3 is 2.90 bits per heavy atom. The molecule has 1 aliphatic carbocycles. The third-order valence-electron chi connectivity index (χ3n) is 2.75. The molecule has 110 valence electrons. The molecule has 0 atom stereocenters. The number of guanidine groups is 1. The van der Waals surface area contributed by atoms with Gasteiger partial charge in [-0.1, -0.05) is 6.07 Å². The predicted molar refractivity (Wildman–Crippen MR) is 89.0 cm³/mol. The Bertz CT molecular complexity index is 447. The van der Waals surface area contributed by atoms with E-state index in [-0.39, 0.29) is 36.4 Å². The number of aliphatic imine (C=N–C) groups is 1. The highest BCUT2D eigenvalue weighted by Gasteiger charge is 2.22. The van der Waals surface area contributed by atoms with E-state index < -0.39 is 0 Å². The van der Waals surface area contributed by atoms with Crippen LogP contribution in [0, 0.1) is 0 Å². The van der Waals surface area contributed by atoms with Crippen molar-refractivity contribution in [3.8, 4) is 0 Å². The van der Waals surface area contributed by atoms with Crippen molar-refractivity contribution in [2.45, 2.75) is 25.3 Å². The number of aromatic nitrogens is 1. The Hall–Kier alpha value is -1.38. The maximum Gasteiger partial charge on any atom is 0.242 e. The third kappa shape index (κ3) is 6.69. The lowest BCUT2D eigenvalue weighted by molar-refractivity contribution is -0.119. The molecule has 1 amide bonds. The topological polar surface area (TPSA) is 92.4 Å². The lowest BCUT2D eigenvalue weighted by Crippen LogP contribution is -2.35. The summed E-state index contributed by atoms with van der Waals surface area (Å²) in [6, 6.07) is 6.15. The molecule has 6 nitrogen and oxygen atoms in total. The van der Waals surface area contributed by atoms with Crippen LogP contribution < -0.4 is 16.4 Å². The van der Waals surface area contributed by atoms with E-state index in [1.807, 2.05) is 18.2 Å². The van der Waals surface area contributed by atoms with Gasteiger partial charge in [0.1, 0.15) is 6.54 Å². The Morgan fingerprint density at radius 1 is 1.45 bits per heavy atom. The van der Waals surface area contributed by atoms with Crippen molar-refractivity contribution >= 4 is 35.8 Å². The minimum absolute atomic E-state index is 0. The van der Waals surface area contributed by atoms with Gasteiger partial charge < -0.3 is 16.4 Å². The first-order chi connectivity index (χ1) is 9.24. The number of hydrogen-bond acceptors (Lipinski definition) is 3. The van der Waals surface area contributed by atoms with E-state index in [0.29, 0.717) is 18.5 Å². The van der Waals surface area contributed by atoms with Crippen LogP contribution in [-0.2, 0) is 11.2 Å². The van der Waals surface area contributed by atoms with Gasteiger partial charge in [0.2, 0.25) is 5.91 Å². The average molecular weight is 389 g/mol. The summed E-state index contributed by atoms with van der Waals surface area (Å²) in [6.07, 6.45) is 4.68. The number of carbonyl (C=O) groups excluding carboxylic acids is 1. The number of nitrogens with zero attached hydrogens (tertiary/aromatic N) is 2. The second kappa shape index (κ2) is 8.72. The summed E-state index contributed by atoms with van der Waals surface area (Å²) in [4.78, 5) is 19.6. The van der Waals surface area contributed by atoms with Crippen LogP contribution in [0.5, 0.6) is 0 Å². The fourth-order valence-electron chi connectivity index (χ4n) is 1.58. The third-order valence-corrected chi connectivity index (χ3v) is 2.75. The van der Waals surface area contributed by atoms with Crippen LogP contribution in [0.1, 0.15) is 18.5 Å². The van der Waals surface area contributed by atoms with Crippen molar-refractivity contribution in [2.24, 2.45) is 10.7 Å². The minimum atomic E-state index is -0.0722. The van der Waals surface area contributed by atoms with Crippen LogP contribution >= 0.6 is 24.0 Å². The fourth-order valence-corrected chi connectivity index (χ4v) is 1.58. The zero-order valence-corrected chi connectivity index (χ0v) is 13.5. The monoisotopic (exact) mass is 389 g/mol. The van der Waals surface area contributed by atoms with E-state index in [9.17, 15) is 4.79 Å². The minimum Gasteiger partial charge on any atom is -0.370 e. The molecular formula is C13H20IN5O. The Labute approximate surface area is 135 Å². The number of halogens is 1. The van der Waals surface area contributed by atoms with Crippen LogP contribution in [0.25, 0.3) is 0 Å². The van der Waals surface area contributed by atoms with Gasteiger partial charge in [-0.15, -0.1) is 24.0 Å².